The summed E-state index contributed by atoms with van der Waals surface area (Å²) >= 11 is 0. The van der Waals surface area contributed by atoms with E-state index in [0.29, 0.717) is 12.8 Å². The highest BCUT2D eigenvalue weighted by Crippen LogP contribution is 2.51. The van der Waals surface area contributed by atoms with Crippen molar-refractivity contribution in [3.63, 3.8) is 0 Å². The molecular formula is C36H53N4O15P. The van der Waals surface area contributed by atoms with Crippen LogP contribution < -0.4 is 21.9 Å². The molecule has 0 spiro atoms. The first-order chi connectivity index (χ1) is 26.3. The van der Waals surface area contributed by atoms with Gasteiger partial charge in [0, 0.05) is 25.1 Å². The molecular weight excluding hydrogens is 759 g/mol. The first-order valence-electron chi connectivity index (χ1n) is 18.3. The number of hydrogen-bond donors (Lipinski definition) is 7. The minimum Gasteiger partial charge on any atom is -0.481 e. The molecule has 1 aliphatic rings. The van der Waals surface area contributed by atoms with Crippen LogP contribution in [0.4, 0.5) is 0 Å². The number of rotatable bonds is 24. The van der Waals surface area contributed by atoms with Crippen LogP contribution in [0.2, 0.25) is 0 Å². The number of benzene rings is 1. The van der Waals surface area contributed by atoms with Gasteiger partial charge in [-0.2, -0.15) is 0 Å². The Balaban J connectivity index is 1.86. The molecule has 2 unspecified atom stereocenters. The number of aromatic amines is 1. The van der Waals surface area contributed by atoms with Gasteiger partial charge in [0.05, 0.1) is 6.61 Å². The molecule has 0 bridgehead atoms. The number of aliphatic hydroxyl groups is 2. The maximum atomic E-state index is 14.3. The molecule has 1 saturated heterocycles. The van der Waals surface area contributed by atoms with E-state index in [9.17, 15) is 53.8 Å². The van der Waals surface area contributed by atoms with Gasteiger partial charge in [-0.15, -0.1) is 0 Å². The predicted molar refractivity (Wildman–Crippen MR) is 198 cm³/mol. The lowest BCUT2D eigenvalue weighted by Gasteiger charge is -2.27. The highest BCUT2D eigenvalue weighted by atomic mass is 31.2. The van der Waals surface area contributed by atoms with E-state index < -0.39 is 98.5 Å². The number of carbonyl (C=O) groups excluding carboxylic acids is 2. The Morgan fingerprint density at radius 2 is 1.46 bits per heavy atom. The van der Waals surface area contributed by atoms with Gasteiger partial charge in [-0.3, -0.25) is 28.5 Å². The highest BCUT2D eigenvalue weighted by Gasteiger charge is 2.54. The fourth-order valence-corrected chi connectivity index (χ4v) is 7.05. The number of H-pyrrole nitrogens is 1. The van der Waals surface area contributed by atoms with Crippen LogP contribution >= 0.6 is 7.82 Å². The third-order valence-electron chi connectivity index (χ3n) is 9.09. The fourth-order valence-electron chi connectivity index (χ4n) is 5.88. The Hall–Kier alpha value is -4.23. The van der Waals surface area contributed by atoms with E-state index in [0.717, 1.165) is 35.7 Å². The standard InChI is InChI=1S/C36H53N4O15P/c1-22(2)14-17-37-25(10-12-29(42)43)32(47)54-56(51,52-21-27-31(46)36(4,50)34(53-27)40-19-16-28(41)39-35(40)49)55-33(48)26(11-13-30(44)45)38-18-15-23(3)20-24-8-6-5-7-9-24/h5-9,16,19,22-23,25-27,31,34,37-38,46,50H,10-15,17-18,20-21H2,1-4H3,(H,42,43)(H,44,45)(H,39,41,49)/t23?,25-,26-,27+,31+,34+,36+,56?/m0/s1. The molecule has 0 amide bonds. The van der Waals surface area contributed by atoms with Gasteiger partial charge in [-0.1, -0.05) is 51.1 Å². The number of hydrogen-bond acceptors (Lipinski definition) is 15. The molecule has 1 aromatic carbocycles. The number of aliphatic carboxylic acids is 2. The number of ether oxygens (including phenoxy) is 1. The molecule has 0 radical (unpaired) electrons. The van der Waals surface area contributed by atoms with Crippen molar-refractivity contribution in [2.75, 3.05) is 19.7 Å². The summed E-state index contributed by atoms with van der Waals surface area (Å²) in [5.41, 5.74) is -2.85. The third kappa shape index (κ3) is 14.4. The summed E-state index contributed by atoms with van der Waals surface area (Å²) in [4.78, 5) is 76.0. The summed E-state index contributed by atoms with van der Waals surface area (Å²) in [6, 6.07) is 7.92. The molecule has 1 aromatic heterocycles. The summed E-state index contributed by atoms with van der Waals surface area (Å²) in [7, 11) is -5.37. The second kappa shape index (κ2) is 21.3. The largest absolute Gasteiger partial charge is 0.592 e. The molecule has 0 saturated carbocycles. The number of carbonyl (C=O) groups is 4. The SMILES string of the molecule is CC(C)CCN[C@@H](CCC(=O)O)C(=O)OP(=O)(OC[C@H]1O[C@@H](n2ccc(=O)[nH]c2=O)[C@](C)(O)[C@@H]1O)OC(=O)[C@H](CCC(=O)O)NCCC(C)Cc1ccccc1. The van der Waals surface area contributed by atoms with E-state index >= 15 is 0 Å². The molecule has 8 atom stereocenters. The normalized spacial score (nSPS) is 22.2. The van der Waals surface area contributed by atoms with Gasteiger partial charge in [-0.25, -0.2) is 18.9 Å². The minimum atomic E-state index is -5.37. The van der Waals surface area contributed by atoms with Gasteiger partial charge in [0.1, 0.15) is 29.9 Å². The van der Waals surface area contributed by atoms with Gasteiger partial charge in [-0.05, 0) is 69.5 Å². The van der Waals surface area contributed by atoms with Gasteiger partial charge >= 0.3 is 37.4 Å². The third-order valence-corrected chi connectivity index (χ3v) is 10.4. The number of carboxylic acid groups (broad SMARTS) is 2. The van der Waals surface area contributed by atoms with Crippen molar-refractivity contribution in [1.29, 1.82) is 0 Å². The molecule has 56 heavy (non-hydrogen) atoms. The topological polar surface area (TPSA) is 282 Å². The minimum absolute atomic E-state index is 0.133. The van der Waals surface area contributed by atoms with E-state index in [-0.39, 0.29) is 37.8 Å². The molecule has 19 nitrogen and oxygen atoms in total. The van der Waals surface area contributed by atoms with E-state index in [1.54, 1.807) is 0 Å². The van der Waals surface area contributed by atoms with E-state index in [2.05, 4.69) is 10.6 Å². The van der Waals surface area contributed by atoms with Crippen LogP contribution in [0, 0.1) is 11.8 Å². The Morgan fingerprint density at radius 1 is 0.911 bits per heavy atom. The first-order valence-corrected chi connectivity index (χ1v) is 19.8. The first kappa shape index (κ1) is 46.2. The average molecular weight is 813 g/mol. The van der Waals surface area contributed by atoms with Gasteiger partial charge in [0.25, 0.3) is 5.56 Å². The zero-order valence-electron chi connectivity index (χ0n) is 31.8. The summed E-state index contributed by atoms with van der Waals surface area (Å²) in [6.45, 7) is 6.42. The molecule has 2 heterocycles. The summed E-state index contributed by atoms with van der Waals surface area (Å²) in [5, 5.41) is 46.5. The van der Waals surface area contributed by atoms with Crippen LogP contribution in [-0.2, 0) is 48.5 Å². The molecule has 20 heteroatoms. The maximum absolute atomic E-state index is 14.3. The molecule has 2 aromatic rings. The Morgan fingerprint density at radius 3 is 1.98 bits per heavy atom. The van der Waals surface area contributed by atoms with Crippen LogP contribution in [0.15, 0.2) is 52.2 Å². The number of nitrogens with zero attached hydrogens (tertiary/aromatic N) is 1. The van der Waals surface area contributed by atoms with E-state index in [1.807, 2.05) is 56.1 Å². The van der Waals surface area contributed by atoms with E-state index in [1.165, 1.54) is 0 Å². The lowest BCUT2D eigenvalue weighted by atomic mass is 9.96. The maximum Gasteiger partial charge on any atom is 0.592 e. The quantitative estimate of drug-likeness (QED) is 0.0743. The number of phosphoric ester groups is 1. The number of nitrogens with one attached hydrogen (secondary N) is 3. The average Bonchev–Trinajstić information content (AvgIpc) is 3.33. The Bertz CT molecular complexity index is 1780. The second-order valence-electron chi connectivity index (χ2n) is 14.4. The van der Waals surface area contributed by atoms with Crippen molar-refractivity contribution in [3.05, 3.63) is 69.0 Å². The summed E-state index contributed by atoms with van der Waals surface area (Å²) < 4.78 is 36.5. The van der Waals surface area contributed by atoms with Crippen molar-refractivity contribution < 1.29 is 62.5 Å². The number of phosphoric acid groups is 1. The van der Waals surface area contributed by atoms with Crippen molar-refractivity contribution >= 4 is 31.7 Å². The van der Waals surface area contributed by atoms with Crippen LogP contribution in [0.3, 0.4) is 0 Å². The van der Waals surface area contributed by atoms with Crippen molar-refractivity contribution in [2.45, 2.75) is 109 Å². The Labute approximate surface area is 323 Å². The zero-order valence-corrected chi connectivity index (χ0v) is 32.7. The van der Waals surface area contributed by atoms with Crippen molar-refractivity contribution in [3.8, 4) is 0 Å². The van der Waals surface area contributed by atoms with E-state index in [4.69, 9.17) is 18.3 Å². The number of carboxylic acids is 2. The van der Waals surface area contributed by atoms with Crippen molar-refractivity contribution in [1.82, 2.24) is 20.2 Å². The van der Waals surface area contributed by atoms with Crippen LogP contribution in [0.5, 0.6) is 0 Å². The zero-order chi connectivity index (χ0) is 41.6. The van der Waals surface area contributed by atoms with Crippen LogP contribution in [0.1, 0.15) is 78.0 Å². The monoisotopic (exact) mass is 812 g/mol. The molecule has 0 aliphatic carbocycles. The van der Waals surface area contributed by atoms with Crippen LogP contribution in [-0.4, -0.2) is 103 Å². The van der Waals surface area contributed by atoms with Crippen LogP contribution in [0.25, 0.3) is 0 Å². The highest BCUT2D eigenvalue weighted by molar-refractivity contribution is 7.49. The van der Waals surface area contributed by atoms with Gasteiger partial charge in [0.2, 0.25) is 0 Å². The molecule has 1 fully saturated rings. The predicted octanol–water partition coefficient (Wildman–Crippen LogP) is 1.72. The Kier molecular flexibility index (Phi) is 17.6. The number of aliphatic hydroxyl groups excluding tert-OH is 1. The lowest BCUT2D eigenvalue weighted by Crippen LogP contribution is -2.47. The lowest BCUT2D eigenvalue weighted by molar-refractivity contribution is -0.144. The number of aromatic nitrogens is 2. The van der Waals surface area contributed by atoms with Gasteiger partial charge in [0.15, 0.2) is 6.23 Å². The molecule has 1 aliphatic heterocycles. The smallest absolute Gasteiger partial charge is 0.481 e. The second-order valence-corrected chi connectivity index (χ2v) is 15.9. The van der Waals surface area contributed by atoms with Gasteiger partial charge < -0.3 is 44.8 Å². The fraction of sp³-hybridized carbons (Fsp3) is 0.611. The summed E-state index contributed by atoms with van der Waals surface area (Å²) in [5.74, 6) is -4.75. The summed E-state index contributed by atoms with van der Waals surface area (Å²) in [6.07, 6.45) is -3.85. The molecule has 312 valence electrons. The van der Waals surface area contributed by atoms with Crippen molar-refractivity contribution in [2.24, 2.45) is 11.8 Å². The molecule has 7 N–H and O–H groups in total. The molecule has 3 rings (SSSR count).